The van der Waals surface area contributed by atoms with E-state index in [9.17, 15) is 18.4 Å². The van der Waals surface area contributed by atoms with Crippen molar-refractivity contribution in [3.05, 3.63) is 93.7 Å². The molecule has 0 amide bonds. The molecule has 0 aliphatic heterocycles. The van der Waals surface area contributed by atoms with Crippen molar-refractivity contribution in [3.63, 3.8) is 0 Å². The van der Waals surface area contributed by atoms with Crippen LogP contribution < -0.4 is 22.8 Å². The Morgan fingerprint density at radius 3 is 1.17 bits per heavy atom. The van der Waals surface area contributed by atoms with Gasteiger partial charge in [-0.05, 0) is 73.2 Å². The van der Waals surface area contributed by atoms with Gasteiger partial charge in [-0.1, -0.05) is 0 Å². The number of thioether (sulfide) groups is 8. The summed E-state index contributed by atoms with van der Waals surface area (Å²) in [5, 5.41) is 43.1. The van der Waals surface area contributed by atoms with Gasteiger partial charge in [0.05, 0.1) is 76.9 Å². The number of fused-ring (bicyclic) bond motifs is 8. The summed E-state index contributed by atoms with van der Waals surface area (Å²) in [5.74, 6) is 0.537. The van der Waals surface area contributed by atoms with E-state index >= 15 is 0 Å². The molecule has 36 nitrogen and oxygen atoms in total. The number of anilines is 2. The zero-order valence-corrected chi connectivity index (χ0v) is 58.3. The first kappa shape index (κ1) is 71.1. The van der Waals surface area contributed by atoms with Gasteiger partial charge < -0.3 is 26.4 Å². The highest BCUT2D eigenvalue weighted by molar-refractivity contribution is 8.00. The molecule has 0 fully saturated rings. The largest absolute Gasteiger partial charge is 0.368 e. The van der Waals surface area contributed by atoms with Gasteiger partial charge in [0, 0.05) is 0 Å². The number of halogens is 4. The quantitative estimate of drug-likeness (QED) is 0.0390. The number of rotatable bonds is 8. The second kappa shape index (κ2) is 34.0. The van der Waals surface area contributed by atoms with Crippen LogP contribution in [-0.4, -0.2) is 211 Å². The first-order valence-corrected chi connectivity index (χ1v) is 36.6. The van der Waals surface area contributed by atoms with E-state index in [1.54, 1.807) is 43.6 Å². The predicted molar refractivity (Wildman–Crippen MR) is 372 cm³/mol. The Hall–Kier alpha value is -9.16. The van der Waals surface area contributed by atoms with E-state index in [1.807, 2.05) is 50.0 Å². The highest BCUT2D eigenvalue weighted by Crippen LogP contribution is 2.27. The molecule has 16 aromatic rings. The Bertz CT molecular complexity index is 4660. The number of nitrogen functional groups attached to an aromatic ring is 2. The Morgan fingerprint density at radius 2 is 0.677 bits per heavy atom. The Balaban J connectivity index is 0.000000129. The molecule has 48 heteroatoms. The maximum Gasteiger partial charge on any atom is 0.347 e. The molecule has 0 saturated heterocycles. The fourth-order valence-electron chi connectivity index (χ4n) is 7.66. The molecule has 14 N–H and O–H groups in total. The fraction of sp³-hybridized carbons (Fsp3) is 0.167. The average Bonchev–Trinajstić information content (AvgIpc) is 2.22. The lowest BCUT2D eigenvalue weighted by Gasteiger charge is -1.97. The van der Waals surface area contributed by atoms with Gasteiger partial charge in [0.2, 0.25) is 22.5 Å². The lowest BCUT2D eigenvalue weighted by atomic mass is 10.4. The monoisotopic (exact) mass is 1490 g/mol. The van der Waals surface area contributed by atoms with E-state index in [4.69, 9.17) is 34.7 Å². The summed E-state index contributed by atoms with van der Waals surface area (Å²) < 4.78 is 25.4. The molecule has 0 bridgehead atoms. The third kappa shape index (κ3) is 17.8. The van der Waals surface area contributed by atoms with Gasteiger partial charge in [-0.25, -0.2) is 44.5 Å². The number of nitrogens with zero attached hydrogens (tertiary/aromatic N) is 22. The number of nitrogens with two attached hydrogens (primary N) is 2. The summed E-state index contributed by atoms with van der Waals surface area (Å²) >= 11 is 23.0. The van der Waals surface area contributed by atoms with E-state index < -0.39 is 12.2 Å². The molecule has 496 valence electrons. The zero-order valence-electron chi connectivity index (χ0n) is 50.2. The molecule has 16 heterocycles. The summed E-state index contributed by atoms with van der Waals surface area (Å²) in [4.78, 5) is 101. The number of H-pyrrole nitrogens is 10. The minimum atomic E-state index is -0.737. The zero-order chi connectivity index (χ0) is 68.4. The third-order valence-electron chi connectivity index (χ3n) is 11.7. The van der Waals surface area contributed by atoms with Crippen molar-refractivity contribution in [2.45, 2.75) is 40.2 Å². The smallest absolute Gasteiger partial charge is 0.347 e. The minimum Gasteiger partial charge on any atom is -0.368 e. The van der Waals surface area contributed by atoms with Crippen LogP contribution in [-0.2, 0) is 0 Å². The summed E-state index contributed by atoms with van der Waals surface area (Å²) in [6.45, 7) is 0. The van der Waals surface area contributed by atoms with E-state index in [-0.39, 0.29) is 33.8 Å². The van der Waals surface area contributed by atoms with E-state index in [1.165, 1.54) is 100 Å². The lowest BCUT2D eigenvalue weighted by molar-refractivity contribution is 0.533. The molecular weight excluding hydrogens is 1450 g/mol. The highest BCUT2D eigenvalue weighted by atomic mass is 35.5. The van der Waals surface area contributed by atoms with Crippen LogP contribution in [0.2, 0.25) is 10.6 Å². The van der Waals surface area contributed by atoms with Crippen LogP contribution in [0.3, 0.4) is 0 Å². The molecule has 0 radical (unpaired) electrons. The Morgan fingerprint density at radius 1 is 0.354 bits per heavy atom. The van der Waals surface area contributed by atoms with E-state index in [2.05, 4.69) is 161 Å². The molecule has 16 aromatic heterocycles. The number of imidazole rings is 3. The van der Waals surface area contributed by atoms with E-state index in [0.717, 1.165) is 58.1 Å². The fourth-order valence-corrected chi connectivity index (χ4v) is 12.4. The maximum atomic E-state index is 12.7. The van der Waals surface area contributed by atoms with Gasteiger partial charge in [0.15, 0.2) is 33.9 Å². The normalized spacial score (nSPS) is 10.8. The predicted octanol–water partition coefficient (Wildman–Crippen LogP) is 7.93. The summed E-state index contributed by atoms with van der Waals surface area (Å²) in [6.07, 6.45) is 26.5. The number of aromatic nitrogens is 32. The summed E-state index contributed by atoms with van der Waals surface area (Å²) in [6, 6.07) is 0. The van der Waals surface area contributed by atoms with Crippen LogP contribution in [0.15, 0.2) is 99.8 Å². The molecule has 0 atom stereocenters. The molecule has 0 aliphatic carbocycles. The number of hydrogen-bond acceptors (Lipinski definition) is 34. The van der Waals surface area contributed by atoms with Crippen LogP contribution in [0.25, 0.3) is 88.7 Å². The molecule has 0 unspecified atom stereocenters. The summed E-state index contributed by atoms with van der Waals surface area (Å²) in [5.41, 5.74) is 17.3. The standard InChI is InChI=1S/2C6H5ClN4S.2C6H5FN4S.2C6H7N5S.2C6H6N4OS/c1-12-5-3-4(9-2-8-3)10-6(7)11-5;1-12-5-3-2-8-11-4(3)9-6(7)10-5;1-12-5-3-4(9-2-8-3)10-6(7)11-5;1-12-5-3-2-8-11-4(3)9-6(7)10-5;1-12-5-3-4(9-2-8-3)10-6(7)11-5;1-12-5-3-2-8-11-4(3)9-6(7)10-5;2*1-12-5-3-2-7-10-4(3)8-6(11)9-5/h4*2H,1H3,(H,8,9,10,11);2*2H,1H3,(H3,7,8,9,10,11);2*2H,1H3,(H2,7,8,9,10,11). The molecule has 0 aromatic carbocycles. The minimum absolute atomic E-state index is 0.235. The topological polar surface area (TPSA) is 528 Å². The maximum absolute atomic E-state index is 12.7. The van der Waals surface area contributed by atoms with Crippen molar-refractivity contribution < 1.29 is 8.78 Å². The SMILES string of the molecule is CSc1nc(=O)[nH]c2[nH]ncc12.CSc1nc(=O)[nH]c2[nH]ncc12.CSc1nc(Cl)nc2[nH]ncc12.CSc1nc(Cl)nc2nc[nH]c12.CSc1nc(F)nc2[nH]ncc12.CSc1nc(F)nc2nc[nH]c12.CSc1nc(N)nc2[nH]ncc12.CSc1nc(N)nc2nc[nH]c12. The summed E-state index contributed by atoms with van der Waals surface area (Å²) in [7, 11) is 0. The number of aromatic amines is 10. The lowest BCUT2D eigenvalue weighted by Crippen LogP contribution is -2.10. The average molecular weight is 1500 g/mol. The van der Waals surface area contributed by atoms with Gasteiger partial charge in [-0.3, -0.25) is 35.5 Å². The first-order chi connectivity index (χ1) is 46.5. The second-order valence-electron chi connectivity index (χ2n) is 17.3. The molecule has 0 saturated carbocycles. The van der Waals surface area contributed by atoms with Crippen LogP contribution >= 0.6 is 117 Å². The van der Waals surface area contributed by atoms with Crippen molar-refractivity contribution in [1.82, 2.24) is 161 Å². The van der Waals surface area contributed by atoms with Crippen molar-refractivity contribution in [2.24, 2.45) is 0 Å². The van der Waals surface area contributed by atoms with Gasteiger partial charge in [-0.2, -0.15) is 84.1 Å². The molecule has 96 heavy (non-hydrogen) atoms. The van der Waals surface area contributed by atoms with Crippen LogP contribution in [0, 0.1) is 12.2 Å². The molecular formula is C48H46Cl2F2N34O2S8. The van der Waals surface area contributed by atoms with Crippen molar-refractivity contribution in [1.29, 1.82) is 0 Å². The van der Waals surface area contributed by atoms with Gasteiger partial charge >= 0.3 is 23.5 Å². The molecule has 0 spiro atoms. The molecule has 0 aliphatic rings. The van der Waals surface area contributed by atoms with Crippen molar-refractivity contribution in [2.75, 3.05) is 61.5 Å². The van der Waals surface area contributed by atoms with Gasteiger partial charge in [0.1, 0.15) is 68.1 Å². The van der Waals surface area contributed by atoms with Crippen LogP contribution in [0.5, 0.6) is 0 Å². The second-order valence-corrected chi connectivity index (χ2v) is 24.3. The molecule has 16 rings (SSSR count). The van der Waals surface area contributed by atoms with Crippen LogP contribution in [0.4, 0.5) is 20.7 Å². The number of nitrogens with one attached hydrogen (secondary N) is 10. The number of hydrogen-bond donors (Lipinski definition) is 12. The third-order valence-corrected chi connectivity index (χ3v) is 17.5. The van der Waals surface area contributed by atoms with Crippen molar-refractivity contribution in [3.8, 4) is 0 Å². The van der Waals surface area contributed by atoms with Gasteiger partial charge in [0.25, 0.3) is 0 Å². The van der Waals surface area contributed by atoms with Crippen molar-refractivity contribution >= 4 is 218 Å². The Kier molecular flexibility index (Phi) is 25.2. The van der Waals surface area contributed by atoms with E-state index in [0.29, 0.717) is 70.8 Å². The van der Waals surface area contributed by atoms with Crippen LogP contribution in [0.1, 0.15) is 0 Å². The van der Waals surface area contributed by atoms with Gasteiger partial charge in [-0.15, -0.1) is 94.1 Å². The first-order valence-electron chi connectivity index (χ1n) is 26.1. The highest BCUT2D eigenvalue weighted by Gasteiger charge is 2.13. The Labute approximate surface area is 578 Å².